The van der Waals surface area contributed by atoms with Gasteiger partial charge in [0.1, 0.15) is 0 Å². The van der Waals surface area contributed by atoms with Crippen LogP contribution in [0.15, 0.2) is 48.5 Å². The van der Waals surface area contributed by atoms with E-state index in [1.54, 1.807) is 0 Å². The third-order valence-corrected chi connectivity index (χ3v) is 4.16. The molecule has 1 N–H and O–H groups in total. The Labute approximate surface area is 119 Å². The normalized spacial score (nSPS) is 16.3. The van der Waals surface area contributed by atoms with Crippen LogP contribution in [0.2, 0.25) is 5.02 Å². The van der Waals surface area contributed by atoms with E-state index in [0.717, 1.165) is 17.9 Å². The molecule has 0 fully saturated rings. The van der Waals surface area contributed by atoms with Gasteiger partial charge in [-0.2, -0.15) is 0 Å². The van der Waals surface area contributed by atoms with E-state index in [1.807, 2.05) is 12.1 Å². The first kappa shape index (κ1) is 12.7. The summed E-state index contributed by atoms with van der Waals surface area (Å²) in [6, 6.07) is 17.8. The van der Waals surface area contributed by atoms with Crippen LogP contribution in [-0.4, -0.2) is 6.04 Å². The van der Waals surface area contributed by atoms with Crippen LogP contribution >= 0.6 is 11.6 Å². The number of nitrogens with one attached hydrogen (secondary N) is 1. The average Bonchev–Trinajstić information content (AvgIpc) is 2.81. The Morgan fingerprint density at radius 1 is 1.00 bits per heavy atom. The van der Waals surface area contributed by atoms with Crippen molar-refractivity contribution in [2.24, 2.45) is 0 Å². The summed E-state index contributed by atoms with van der Waals surface area (Å²) in [5.74, 6) is 0. The molecule has 1 aliphatic rings. The van der Waals surface area contributed by atoms with Crippen molar-refractivity contribution in [3.05, 3.63) is 70.2 Å². The van der Waals surface area contributed by atoms with Crippen molar-refractivity contribution in [1.29, 1.82) is 0 Å². The van der Waals surface area contributed by atoms with Crippen molar-refractivity contribution in [2.75, 3.05) is 0 Å². The molecule has 2 heteroatoms. The van der Waals surface area contributed by atoms with Crippen LogP contribution in [0, 0.1) is 0 Å². The van der Waals surface area contributed by atoms with Crippen LogP contribution < -0.4 is 5.32 Å². The molecule has 0 saturated carbocycles. The van der Waals surface area contributed by atoms with Crippen LogP contribution in [0.3, 0.4) is 0 Å². The van der Waals surface area contributed by atoms with E-state index in [0.29, 0.717) is 12.1 Å². The summed E-state index contributed by atoms with van der Waals surface area (Å²) < 4.78 is 0. The molecule has 2 aromatic carbocycles. The second kappa shape index (κ2) is 5.36. The van der Waals surface area contributed by atoms with Crippen molar-refractivity contribution in [1.82, 2.24) is 5.32 Å². The highest BCUT2D eigenvalue weighted by molar-refractivity contribution is 6.30. The molecule has 0 radical (unpaired) electrons. The lowest BCUT2D eigenvalue weighted by atomic mass is 10.1. The average molecular weight is 272 g/mol. The zero-order valence-corrected chi connectivity index (χ0v) is 11.8. The van der Waals surface area contributed by atoms with Crippen LogP contribution in [-0.2, 0) is 12.8 Å². The van der Waals surface area contributed by atoms with Crippen LogP contribution in [0.4, 0.5) is 0 Å². The maximum absolute atomic E-state index is 5.93. The molecule has 0 heterocycles. The minimum atomic E-state index is 0.358. The van der Waals surface area contributed by atoms with Crippen molar-refractivity contribution in [3.63, 3.8) is 0 Å². The molecule has 1 atom stereocenters. The van der Waals surface area contributed by atoms with E-state index in [1.165, 1.54) is 16.7 Å². The smallest absolute Gasteiger partial charge is 0.0406 e. The molecule has 1 aliphatic carbocycles. The summed E-state index contributed by atoms with van der Waals surface area (Å²) >= 11 is 5.93. The summed E-state index contributed by atoms with van der Waals surface area (Å²) in [7, 11) is 0. The van der Waals surface area contributed by atoms with Crippen molar-refractivity contribution in [2.45, 2.75) is 31.8 Å². The zero-order chi connectivity index (χ0) is 13.2. The van der Waals surface area contributed by atoms with Gasteiger partial charge < -0.3 is 5.32 Å². The molecule has 19 heavy (non-hydrogen) atoms. The van der Waals surface area contributed by atoms with Gasteiger partial charge in [-0.15, -0.1) is 0 Å². The number of halogens is 1. The molecule has 0 spiro atoms. The Kier molecular flexibility index (Phi) is 3.58. The van der Waals surface area contributed by atoms with Gasteiger partial charge in [0.15, 0.2) is 0 Å². The molecular formula is C17H18ClN. The number of hydrogen-bond acceptors (Lipinski definition) is 1. The van der Waals surface area contributed by atoms with Gasteiger partial charge in [-0.1, -0.05) is 48.0 Å². The molecule has 0 aromatic heterocycles. The quantitative estimate of drug-likeness (QED) is 0.884. The fourth-order valence-corrected chi connectivity index (χ4v) is 3.00. The first-order chi connectivity index (χ1) is 9.22. The number of rotatable bonds is 3. The highest BCUT2D eigenvalue weighted by Gasteiger charge is 2.22. The number of benzene rings is 2. The molecule has 0 bridgehead atoms. The van der Waals surface area contributed by atoms with E-state index in [-0.39, 0.29) is 0 Å². The van der Waals surface area contributed by atoms with E-state index in [4.69, 9.17) is 11.6 Å². The second-order valence-corrected chi connectivity index (χ2v) is 5.75. The minimum Gasteiger partial charge on any atom is -0.307 e. The Morgan fingerprint density at radius 2 is 1.58 bits per heavy atom. The minimum absolute atomic E-state index is 0.358. The predicted octanol–water partition coefficient (Wildman–Crippen LogP) is 4.16. The van der Waals surface area contributed by atoms with Gasteiger partial charge in [0.25, 0.3) is 0 Å². The third kappa shape index (κ3) is 2.83. The fourth-order valence-electron chi connectivity index (χ4n) is 2.88. The second-order valence-electron chi connectivity index (χ2n) is 5.31. The first-order valence-electron chi connectivity index (χ1n) is 6.80. The fraction of sp³-hybridized carbons (Fsp3) is 0.294. The maximum atomic E-state index is 5.93. The molecule has 0 saturated heterocycles. The topological polar surface area (TPSA) is 12.0 Å². The lowest BCUT2D eigenvalue weighted by molar-refractivity contribution is 0.467. The summed E-state index contributed by atoms with van der Waals surface area (Å²) in [5.41, 5.74) is 4.27. The van der Waals surface area contributed by atoms with Crippen LogP contribution in [0.1, 0.15) is 29.7 Å². The van der Waals surface area contributed by atoms with Gasteiger partial charge in [0.2, 0.25) is 0 Å². The lowest BCUT2D eigenvalue weighted by Gasteiger charge is -2.19. The van der Waals surface area contributed by atoms with Gasteiger partial charge in [-0.25, -0.2) is 0 Å². The number of fused-ring (bicyclic) bond motifs is 1. The van der Waals surface area contributed by atoms with Gasteiger partial charge in [0, 0.05) is 17.1 Å². The largest absolute Gasteiger partial charge is 0.307 e. The van der Waals surface area contributed by atoms with E-state index < -0.39 is 0 Å². The van der Waals surface area contributed by atoms with E-state index in [9.17, 15) is 0 Å². The third-order valence-electron chi connectivity index (χ3n) is 3.91. The Hall–Kier alpha value is -1.31. The van der Waals surface area contributed by atoms with Gasteiger partial charge in [-0.05, 0) is 48.6 Å². The molecule has 1 unspecified atom stereocenters. The lowest BCUT2D eigenvalue weighted by Crippen LogP contribution is -2.32. The summed E-state index contributed by atoms with van der Waals surface area (Å²) in [6.45, 7) is 2.21. The summed E-state index contributed by atoms with van der Waals surface area (Å²) in [5, 5.41) is 4.51. The Balaban J connectivity index is 1.66. The van der Waals surface area contributed by atoms with Gasteiger partial charge in [0.05, 0.1) is 0 Å². The zero-order valence-electron chi connectivity index (χ0n) is 11.1. The molecule has 1 nitrogen and oxygen atoms in total. The standard InChI is InChI=1S/C17H18ClN/c1-12(13-6-8-16(18)9-7-13)19-17-10-14-4-2-3-5-15(14)11-17/h2-9,12,17,19H,10-11H2,1H3. The molecule has 0 amide bonds. The maximum Gasteiger partial charge on any atom is 0.0406 e. The molecule has 3 rings (SSSR count). The van der Waals surface area contributed by atoms with E-state index in [2.05, 4.69) is 48.6 Å². The highest BCUT2D eigenvalue weighted by Crippen LogP contribution is 2.24. The monoisotopic (exact) mass is 271 g/mol. The van der Waals surface area contributed by atoms with E-state index >= 15 is 0 Å². The summed E-state index contributed by atoms with van der Waals surface area (Å²) in [6.07, 6.45) is 2.27. The van der Waals surface area contributed by atoms with Crippen molar-refractivity contribution in [3.8, 4) is 0 Å². The van der Waals surface area contributed by atoms with Crippen molar-refractivity contribution >= 4 is 11.6 Å². The van der Waals surface area contributed by atoms with Gasteiger partial charge in [-0.3, -0.25) is 0 Å². The number of hydrogen-bond donors (Lipinski definition) is 1. The van der Waals surface area contributed by atoms with Crippen LogP contribution in [0.5, 0.6) is 0 Å². The molecular weight excluding hydrogens is 254 g/mol. The molecule has 0 aliphatic heterocycles. The Morgan fingerprint density at radius 3 is 2.16 bits per heavy atom. The van der Waals surface area contributed by atoms with Gasteiger partial charge >= 0.3 is 0 Å². The molecule has 2 aromatic rings. The predicted molar refractivity (Wildman–Crippen MR) is 80.6 cm³/mol. The van der Waals surface area contributed by atoms with Crippen molar-refractivity contribution < 1.29 is 0 Å². The first-order valence-corrected chi connectivity index (χ1v) is 7.18. The SMILES string of the molecule is CC(NC1Cc2ccccc2C1)c1ccc(Cl)cc1. The Bertz CT molecular complexity index is 537. The van der Waals surface area contributed by atoms with Crippen LogP contribution in [0.25, 0.3) is 0 Å². The highest BCUT2D eigenvalue weighted by atomic mass is 35.5. The summed E-state index contributed by atoms with van der Waals surface area (Å²) in [4.78, 5) is 0. The molecule has 98 valence electrons.